The molecule has 0 saturated carbocycles. The zero-order chi connectivity index (χ0) is 15.4. The Hall–Kier alpha value is -2.69. The molecule has 0 aromatic heterocycles. The van der Waals surface area contributed by atoms with Crippen molar-refractivity contribution in [2.75, 3.05) is 7.05 Å². The molecule has 0 heterocycles. The maximum atomic E-state index is 12.8. The van der Waals surface area contributed by atoms with E-state index in [1.54, 1.807) is 31.3 Å². The SMILES string of the molecule is CN(Cc1ccc(C(N)=O)cc1)C(=O)c1ccc(F)cc1. The van der Waals surface area contributed by atoms with E-state index in [1.165, 1.54) is 29.2 Å². The second-order valence-corrected chi connectivity index (χ2v) is 4.73. The van der Waals surface area contributed by atoms with Gasteiger partial charge < -0.3 is 10.6 Å². The topological polar surface area (TPSA) is 63.4 Å². The zero-order valence-corrected chi connectivity index (χ0v) is 11.5. The number of halogens is 1. The minimum absolute atomic E-state index is 0.200. The Morgan fingerprint density at radius 1 is 1.00 bits per heavy atom. The van der Waals surface area contributed by atoms with Crippen molar-refractivity contribution in [2.24, 2.45) is 5.73 Å². The summed E-state index contributed by atoms with van der Waals surface area (Å²) >= 11 is 0. The molecule has 0 fully saturated rings. The van der Waals surface area contributed by atoms with Gasteiger partial charge in [-0.05, 0) is 42.0 Å². The van der Waals surface area contributed by atoms with Gasteiger partial charge in [-0.2, -0.15) is 0 Å². The van der Waals surface area contributed by atoms with Gasteiger partial charge in [0.15, 0.2) is 0 Å². The largest absolute Gasteiger partial charge is 0.366 e. The first-order chi connectivity index (χ1) is 9.97. The minimum atomic E-state index is -0.489. The van der Waals surface area contributed by atoms with Crippen molar-refractivity contribution in [2.45, 2.75) is 6.54 Å². The summed E-state index contributed by atoms with van der Waals surface area (Å²) in [6.07, 6.45) is 0. The lowest BCUT2D eigenvalue weighted by molar-refractivity contribution is 0.0784. The van der Waals surface area contributed by atoms with Gasteiger partial charge in [0.25, 0.3) is 5.91 Å². The molecule has 0 bridgehead atoms. The van der Waals surface area contributed by atoms with E-state index in [0.29, 0.717) is 17.7 Å². The van der Waals surface area contributed by atoms with Crippen molar-refractivity contribution in [1.82, 2.24) is 4.90 Å². The number of rotatable bonds is 4. The Balaban J connectivity index is 2.06. The summed E-state index contributed by atoms with van der Waals surface area (Å²) in [5.74, 6) is -1.07. The van der Waals surface area contributed by atoms with Gasteiger partial charge in [-0.25, -0.2) is 4.39 Å². The van der Waals surface area contributed by atoms with Gasteiger partial charge in [0.05, 0.1) is 0 Å². The highest BCUT2D eigenvalue weighted by Gasteiger charge is 2.12. The lowest BCUT2D eigenvalue weighted by atomic mass is 10.1. The summed E-state index contributed by atoms with van der Waals surface area (Å²) in [5, 5.41) is 0. The third-order valence-corrected chi connectivity index (χ3v) is 3.10. The third kappa shape index (κ3) is 3.66. The standard InChI is InChI=1S/C16H15FN2O2/c1-19(16(21)13-6-8-14(17)9-7-13)10-11-2-4-12(5-3-11)15(18)20/h2-9H,10H2,1H3,(H2,18,20). The van der Waals surface area contributed by atoms with Crippen molar-refractivity contribution in [1.29, 1.82) is 0 Å². The van der Waals surface area contributed by atoms with E-state index in [-0.39, 0.29) is 11.7 Å². The van der Waals surface area contributed by atoms with Crippen LogP contribution in [0.3, 0.4) is 0 Å². The Morgan fingerprint density at radius 2 is 1.52 bits per heavy atom. The number of carbonyl (C=O) groups excluding carboxylic acids is 2. The molecule has 108 valence electrons. The van der Waals surface area contributed by atoms with Gasteiger partial charge in [0, 0.05) is 24.7 Å². The summed E-state index contributed by atoms with van der Waals surface area (Å²) < 4.78 is 12.8. The summed E-state index contributed by atoms with van der Waals surface area (Å²) in [6.45, 7) is 0.384. The fourth-order valence-electron chi connectivity index (χ4n) is 1.93. The van der Waals surface area contributed by atoms with Crippen LogP contribution in [0.15, 0.2) is 48.5 Å². The highest BCUT2D eigenvalue weighted by Crippen LogP contribution is 2.10. The minimum Gasteiger partial charge on any atom is -0.366 e. The van der Waals surface area contributed by atoms with E-state index < -0.39 is 5.91 Å². The van der Waals surface area contributed by atoms with Crippen molar-refractivity contribution in [3.63, 3.8) is 0 Å². The van der Waals surface area contributed by atoms with E-state index in [2.05, 4.69) is 0 Å². The maximum Gasteiger partial charge on any atom is 0.253 e. The molecule has 2 rings (SSSR count). The zero-order valence-electron chi connectivity index (χ0n) is 11.5. The second-order valence-electron chi connectivity index (χ2n) is 4.73. The molecule has 0 unspecified atom stereocenters. The highest BCUT2D eigenvalue weighted by atomic mass is 19.1. The molecule has 2 amide bonds. The second kappa shape index (κ2) is 6.17. The van der Waals surface area contributed by atoms with Gasteiger partial charge in [0.1, 0.15) is 5.82 Å². The van der Waals surface area contributed by atoms with Gasteiger partial charge in [-0.1, -0.05) is 12.1 Å². The molecule has 2 N–H and O–H groups in total. The number of benzene rings is 2. The Morgan fingerprint density at radius 3 is 2.05 bits per heavy atom. The van der Waals surface area contributed by atoms with Crippen molar-refractivity contribution >= 4 is 11.8 Å². The predicted molar refractivity (Wildman–Crippen MR) is 77.2 cm³/mol. The summed E-state index contributed by atoms with van der Waals surface area (Å²) in [7, 11) is 1.66. The fourth-order valence-corrected chi connectivity index (χ4v) is 1.93. The average Bonchev–Trinajstić information content (AvgIpc) is 2.47. The molecule has 0 saturated heterocycles. The van der Waals surface area contributed by atoms with E-state index in [9.17, 15) is 14.0 Å². The van der Waals surface area contributed by atoms with Crippen LogP contribution in [0.25, 0.3) is 0 Å². The average molecular weight is 286 g/mol. The monoisotopic (exact) mass is 286 g/mol. The lowest BCUT2D eigenvalue weighted by Crippen LogP contribution is -2.26. The van der Waals surface area contributed by atoms with Crippen LogP contribution in [0, 0.1) is 5.82 Å². The van der Waals surface area contributed by atoms with Gasteiger partial charge in [-0.15, -0.1) is 0 Å². The first-order valence-electron chi connectivity index (χ1n) is 6.37. The molecular formula is C16H15FN2O2. The molecule has 0 atom stereocenters. The predicted octanol–water partition coefficient (Wildman–Crippen LogP) is 2.20. The number of amides is 2. The Bertz CT molecular complexity index is 651. The molecule has 4 nitrogen and oxygen atoms in total. The van der Waals surface area contributed by atoms with Gasteiger partial charge in [0.2, 0.25) is 5.91 Å². The summed E-state index contributed by atoms with van der Waals surface area (Å²) in [6, 6.07) is 12.1. The first kappa shape index (κ1) is 14.7. The quantitative estimate of drug-likeness (QED) is 0.936. The molecule has 5 heteroatoms. The molecule has 0 radical (unpaired) electrons. The third-order valence-electron chi connectivity index (χ3n) is 3.10. The number of nitrogens with zero attached hydrogens (tertiary/aromatic N) is 1. The molecule has 21 heavy (non-hydrogen) atoms. The summed E-state index contributed by atoms with van der Waals surface area (Å²) in [5.41, 5.74) is 6.89. The normalized spacial score (nSPS) is 10.2. The number of hydrogen-bond acceptors (Lipinski definition) is 2. The molecule has 0 aliphatic heterocycles. The van der Waals surface area contributed by atoms with E-state index in [4.69, 9.17) is 5.73 Å². The van der Waals surface area contributed by atoms with E-state index in [0.717, 1.165) is 5.56 Å². The highest BCUT2D eigenvalue weighted by molar-refractivity contribution is 5.94. The lowest BCUT2D eigenvalue weighted by Gasteiger charge is -2.17. The van der Waals surface area contributed by atoms with E-state index in [1.807, 2.05) is 0 Å². The van der Waals surface area contributed by atoms with Crippen molar-refractivity contribution in [3.05, 3.63) is 71.0 Å². The van der Waals surface area contributed by atoms with Gasteiger partial charge >= 0.3 is 0 Å². The summed E-state index contributed by atoms with van der Waals surface area (Å²) in [4.78, 5) is 24.7. The van der Waals surface area contributed by atoms with Crippen LogP contribution in [-0.2, 0) is 6.54 Å². The molecule has 0 spiro atoms. The number of primary amides is 1. The Labute approximate surface area is 122 Å². The first-order valence-corrected chi connectivity index (χ1v) is 6.37. The molecule has 0 aliphatic carbocycles. The van der Waals surface area contributed by atoms with Gasteiger partial charge in [-0.3, -0.25) is 9.59 Å². The number of nitrogens with two attached hydrogens (primary N) is 1. The fraction of sp³-hybridized carbons (Fsp3) is 0.125. The molecule has 2 aromatic carbocycles. The van der Waals surface area contributed by atoms with Crippen LogP contribution in [0.5, 0.6) is 0 Å². The van der Waals surface area contributed by atoms with E-state index >= 15 is 0 Å². The van der Waals surface area contributed by atoms with Crippen molar-refractivity contribution < 1.29 is 14.0 Å². The van der Waals surface area contributed by atoms with Crippen LogP contribution in [0.1, 0.15) is 26.3 Å². The Kier molecular flexibility index (Phi) is 4.33. The number of hydrogen-bond donors (Lipinski definition) is 1. The molecule has 0 aliphatic rings. The smallest absolute Gasteiger partial charge is 0.253 e. The molecular weight excluding hydrogens is 271 g/mol. The van der Waals surface area contributed by atoms with Crippen LogP contribution in [-0.4, -0.2) is 23.8 Å². The van der Waals surface area contributed by atoms with Crippen LogP contribution in [0.2, 0.25) is 0 Å². The molecule has 2 aromatic rings. The van der Waals surface area contributed by atoms with Crippen LogP contribution < -0.4 is 5.73 Å². The van der Waals surface area contributed by atoms with Crippen LogP contribution >= 0.6 is 0 Å². The van der Waals surface area contributed by atoms with Crippen LogP contribution in [0.4, 0.5) is 4.39 Å². The number of carbonyl (C=O) groups is 2. The van der Waals surface area contributed by atoms with Crippen molar-refractivity contribution in [3.8, 4) is 0 Å². The maximum absolute atomic E-state index is 12.8.